The van der Waals surface area contributed by atoms with Crippen LogP contribution in [0.25, 0.3) is 11.3 Å². The molecule has 9 heteroatoms. The second-order valence-electron chi connectivity index (χ2n) is 5.08. The van der Waals surface area contributed by atoms with Crippen molar-refractivity contribution in [2.45, 2.75) is 18.4 Å². The van der Waals surface area contributed by atoms with Gasteiger partial charge in [0.15, 0.2) is 0 Å². The van der Waals surface area contributed by atoms with E-state index >= 15 is 0 Å². The molecule has 6 nitrogen and oxygen atoms in total. The number of aliphatic hydroxyl groups is 1. The molecule has 1 aliphatic heterocycles. The number of ether oxygens (including phenoxy) is 1. The quantitative estimate of drug-likeness (QED) is 0.930. The Morgan fingerprint density at radius 1 is 1.12 bits per heavy atom. The van der Waals surface area contributed by atoms with E-state index in [1.807, 2.05) is 0 Å². The Labute approximate surface area is 134 Å². The molecule has 0 bridgehead atoms. The molecule has 126 valence electrons. The highest BCUT2D eigenvalue weighted by Gasteiger charge is 2.60. The summed E-state index contributed by atoms with van der Waals surface area (Å²) in [6.45, 7) is 0. The van der Waals surface area contributed by atoms with E-state index in [1.54, 1.807) is 24.3 Å². The van der Waals surface area contributed by atoms with E-state index in [-0.39, 0.29) is 5.71 Å². The number of methoxy groups -OCH3 is 1. The zero-order valence-corrected chi connectivity index (χ0v) is 12.4. The molecular weight excluding hydrogens is 327 g/mol. The summed E-state index contributed by atoms with van der Waals surface area (Å²) in [7, 11) is 1.46. The van der Waals surface area contributed by atoms with Crippen LogP contribution in [-0.2, 0) is 4.84 Å². The highest BCUT2D eigenvalue weighted by molar-refractivity contribution is 6.01. The summed E-state index contributed by atoms with van der Waals surface area (Å²) in [6.07, 6.45) is -2.71. The number of rotatable bonds is 3. The van der Waals surface area contributed by atoms with E-state index < -0.39 is 18.4 Å². The standard InChI is InChI=1S/C15H12F3N3O3/c1-23-13-12(19-6-7-20-13)10-4-2-9(3-5-10)11-8-14(22,24-21-11)15(16,17)18/h2-7,22H,8H2,1H3. The lowest BCUT2D eigenvalue weighted by Gasteiger charge is -2.22. The molecule has 1 aliphatic rings. The molecule has 0 amide bonds. The molecule has 2 aromatic rings. The van der Waals surface area contributed by atoms with Gasteiger partial charge in [-0.1, -0.05) is 29.4 Å². The van der Waals surface area contributed by atoms with E-state index in [9.17, 15) is 18.3 Å². The van der Waals surface area contributed by atoms with E-state index in [0.717, 1.165) is 0 Å². The largest absolute Gasteiger partial charge is 0.479 e. The average molecular weight is 339 g/mol. The van der Waals surface area contributed by atoms with Gasteiger partial charge in [0.2, 0.25) is 5.88 Å². The number of halogens is 3. The Balaban J connectivity index is 1.84. The minimum atomic E-state index is -4.93. The van der Waals surface area contributed by atoms with Crippen molar-refractivity contribution in [1.29, 1.82) is 0 Å². The first-order chi connectivity index (χ1) is 11.3. The molecule has 0 radical (unpaired) electrons. The van der Waals surface area contributed by atoms with Crippen molar-refractivity contribution in [3.05, 3.63) is 42.2 Å². The number of hydrogen-bond acceptors (Lipinski definition) is 6. The van der Waals surface area contributed by atoms with Crippen LogP contribution in [-0.4, -0.2) is 39.9 Å². The fourth-order valence-corrected chi connectivity index (χ4v) is 2.22. The van der Waals surface area contributed by atoms with Crippen LogP contribution in [0.2, 0.25) is 0 Å². The van der Waals surface area contributed by atoms with Crippen molar-refractivity contribution < 1.29 is 27.9 Å². The summed E-state index contributed by atoms with van der Waals surface area (Å²) in [5.41, 5.74) is 1.59. The van der Waals surface area contributed by atoms with Crippen molar-refractivity contribution in [3.8, 4) is 17.1 Å². The maximum atomic E-state index is 12.7. The van der Waals surface area contributed by atoms with E-state index in [4.69, 9.17) is 4.74 Å². The molecule has 1 aromatic carbocycles. The van der Waals surface area contributed by atoms with Crippen LogP contribution < -0.4 is 4.74 Å². The van der Waals surface area contributed by atoms with Crippen LogP contribution in [0, 0.1) is 0 Å². The predicted octanol–water partition coefficient (Wildman–Crippen LogP) is 2.53. The van der Waals surface area contributed by atoms with Crippen LogP contribution in [0.3, 0.4) is 0 Å². The van der Waals surface area contributed by atoms with Gasteiger partial charge >= 0.3 is 12.0 Å². The molecule has 1 N–H and O–H groups in total. The molecule has 1 aromatic heterocycles. The zero-order chi connectivity index (χ0) is 17.4. The number of alkyl halides is 3. The first-order valence-electron chi connectivity index (χ1n) is 6.84. The number of hydrogen-bond donors (Lipinski definition) is 1. The van der Waals surface area contributed by atoms with Gasteiger partial charge in [-0.05, 0) is 5.56 Å². The smallest absolute Gasteiger partial charge is 0.458 e. The molecule has 0 aliphatic carbocycles. The van der Waals surface area contributed by atoms with Gasteiger partial charge < -0.3 is 14.7 Å². The van der Waals surface area contributed by atoms with Crippen molar-refractivity contribution >= 4 is 5.71 Å². The Morgan fingerprint density at radius 3 is 2.33 bits per heavy atom. The fourth-order valence-electron chi connectivity index (χ4n) is 2.22. The van der Waals surface area contributed by atoms with Gasteiger partial charge in [0.1, 0.15) is 5.69 Å². The molecule has 3 rings (SSSR count). The van der Waals surface area contributed by atoms with Gasteiger partial charge in [-0.25, -0.2) is 9.97 Å². The van der Waals surface area contributed by atoms with Crippen LogP contribution in [0.4, 0.5) is 13.2 Å². The van der Waals surface area contributed by atoms with Gasteiger partial charge in [-0.2, -0.15) is 13.2 Å². The van der Waals surface area contributed by atoms with Crippen molar-refractivity contribution in [2.24, 2.45) is 5.16 Å². The third-order valence-corrected chi connectivity index (χ3v) is 3.51. The molecule has 1 atom stereocenters. The molecule has 2 heterocycles. The lowest BCUT2D eigenvalue weighted by Crippen LogP contribution is -2.45. The van der Waals surface area contributed by atoms with Crippen LogP contribution in [0.1, 0.15) is 12.0 Å². The second-order valence-corrected chi connectivity index (χ2v) is 5.08. The van der Waals surface area contributed by atoms with Crippen molar-refractivity contribution in [2.75, 3.05) is 7.11 Å². The summed E-state index contributed by atoms with van der Waals surface area (Å²) in [4.78, 5) is 12.4. The van der Waals surface area contributed by atoms with Crippen molar-refractivity contribution in [1.82, 2.24) is 9.97 Å². The van der Waals surface area contributed by atoms with Crippen LogP contribution in [0.15, 0.2) is 41.8 Å². The van der Waals surface area contributed by atoms with E-state index in [0.29, 0.717) is 22.7 Å². The minimum Gasteiger partial charge on any atom is -0.479 e. The Morgan fingerprint density at radius 2 is 1.75 bits per heavy atom. The molecule has 0 saturated heterocycles. The lowest BCUT2D eigenvalue weighted by molar-refractivity contribution is -0.355. The summed E-state index contributed by atoms with van der Waals surface area (Å²) in [5, 5.41) is 12.8. The summed E-state index contributed by atoms with van der Waals surface area (Å²) < 4.78 is 43.3. The Kier molecular flexibility index (Phi) is 3.88. The van der Waals surface area contributed by atoms with Gasteiger partial charge in [0, 0.05) is 18.0 Å². The molecule has 0 fully saturated rings. The third kappa shape index (κ3) is 2.78. The highest BCUT2D eigenvalue weighted by atomic mass is 19.4. The Bertz CT molecular complexity index is 778. The van der Waals surface area contributed by atoms with Gasteiger partial charge in [0.05, 0.1) is 19.2 Å². The average Bonchev–Trinajstić information content (AvgIpc) is 2.98. The molecule has 1 unspecified atom stereocenters. The maximum Gasteiger partial charge on any atom is 0.458 e. The first kappa shape index (κ1) is 16.2. The summed E-state index contributed by atoms with van der Waals surface area (Å²) in [5.74, 6) is -2.95. The highest BCUT2D eigenvalue weighted by Crippen LogP contribution is 2.39. The van der Waals surface area contributed by atoms with Gasteiger partial charge in [-0.3, -0.25) is 0 Å². The number of oxime groups is 1. The minimum absolute atomic E-state index is 0.00693. The monoisotopic (exact) mass is 339 g/mol. The van der Waals surface area contributed by atoms with E-state index in [2.05, 4.69) is 20.0 Å². The molecule has 24 heavy (non-hydrogen) atoms. The molecular formula is C15H12F3N3O3. The summed E-state index contributed by atoms with van der Waals surface area (Å²) >= 11 is 0. The van der Waals surface area contributed by atoms with Crippen LogP contribution >= 0.6 is 0 Å². The topological polar surface area (TPSA) is 76.8 Å². The Hall–Kier alpha value is -2.68. The van der Waals surface area contributed by atoms with Gasteiger partial charge in [0.25, 0.3) is 0 Å². The normalized spacial score (nSPS) is 20.5. The summed E-state index contributed by atoms with van der Waals surface area (Å²) in [6, 6.07) is 6.42. The van der Waals surface area contributed by atoms with Crippen molar-refractivity contribution in [3.63, 3.8) is 0 Å². The second kappa shape index (κ2) is 5.75. The number of benzene rings is 1. The predicted molar refractivity (Wildman–Crippen MR) is 77.3 cm³/mol. The number of nitrogens with zero attached hydrogens (tertiary/aromatic N) is 3. The van der Waals surface area contributed by atoms with E-state index in [1.165, 1.54) is 19.5 Å². The third-order valence-electron chi connectivity index (χ3n) is 3.51. The SMILES string of the molecule is COc1nccnc1-c1ccc(C2=NOC(O)(C(F)(F)F)C2)cc1. The first-order valence-corrected chi connectivity index (χ1v) is 6.84. The zero-order valence-electron chi connectivity index (χ0n) is 12.4. The fraction of sp³-hybridized carbons (Fsp3) is 0.267. The molecule has 0 spiro atoms. The van der Waals surface area contributed by atoms with Gasteiger partial charge in [-0.15, -0.1) is 0 Å². The van der Waals surface area contributed by atoms with Crippen LogP contribution in [0.5, 0.6) is 5.88 Å². The lowest BCUT2D eigenvalue weighted by atomic mass is 10.0. The maximum absolute atomic E-state index is 12.7. The number of aromatic nitrogens is 2. The molecule has 0 saturated carbocycles.